The lowest BCUT2D eigenvalue weighted by Gasteiger charge is -2.01. The van der Waals surface area contributed by atoms with Gasteiger partial charge in [-0.1, -0.05) is 65.7 Å². The number of benzene rings is 2. The van der Waals surface area contributed by atoms with E-state index in [1.165, 1.54) is 6.08 Å². The molecule has 2 nitrogen and oxygen atoms in total. The van der Waals surface area contributed by atoms with Crippen LogP contribution in [0.2, 0.25) is 0 Å². The quantitative estimate of drug-likeness (QED) is 0.348. The van der Waals surface area contributed by atoms with Crippen molar-refractivity contribution in [3.05, 3.63) is 88.0 Å². The maximum atomic E-state index is 12.3. The summed E-state index contributed by atoms with van der Waals surface area (Å²) in [6.07, 6.45) is 3.11. The maximum Gasteiger partial charge on any atom is 0.203 e. The third-order valence-corrected chi connectivity index (χ3v) is 3.25. The molecule has 0 spiro atoms. The molecule has 0 fully saturated rings. The fraction of sp³-hybridized carbons (Fsp3) is 0.0526. The summed E-state index contributed by atoms with van der Waals surface area (Å²) in [6, 6.07) is 18.5. The van der Waals surface area contributed by atoms with Gasteiger partial charge in [-0.2, -0.15) is 5.26 Å². The number of Topliss-reactive ketones (excluding diaryl/α,β-unsaturated/α-hetero) is 1. The summed E-state index contributed by atoms with van der Waals surface area (Å²) < 4.78 is 0. The van der Waals surface area contributed by atoms with Crippen LogP contribution in [0.5, 0.6) is 0 Å². The van der Waals surface area contributed by atoms with E-state index in [-0.39, 0.29) is 11.4 Å². The Labute approximate surface area is 135 Å². The van der Waals surface area contributed by atoms with Crippen LogP contribution >= 0.6 is 11.6 Å². The number of nitrogens with zero attached hydrogens (tertiary/aromatic N) is 1. The highest BCUT2D eigenvalue weighted by molar-refractivity contribution is 6.33. The molecule has 0 N–H and O–H groups in total. The van der Waals surface area contributed by atoms with Crippen molar-refractivity contribution >= 4 is 23.5 Å². The molecular formula is C19H14ClNO. The van der Waals surface area contributed by atoms with E-state index in [0.717, 1.165) is 11.1 Å². The summed E-state index contributed by atoms with van der Waals surface area (Å²) in [4.78, 5) is 12.3. The molecule has 0 aromatic heterocycles. The minimum Gasteiger partial charge on any atom is -0.288 e. The van der Waals surface area contributed by atoms with Gasteiger partial charge in [-0.05, 0) is 30.7 Å². The van der Waals surface area contributed by atoms with Crippen LogP contribution in [0, 0.1) is 18.3 Å². The molecular weight excluding hydrogens is 294 g/mol. The van der Waals surface area contributed by atoms with Gasteiger partial charge in [-0.25, -0.2) is 0 Å². The van der Waals surface area contributed by atoms with Gasteiger partial charge < -0.3 is 0 Å². The zero-order valence-electron chi connectivity index (χ0n) is 12.1. The van der Waals surface area contributed by atoms with Crippen LogP contribution in [-0.2, 0) is 0 Å². The second-order valence-electron chi connectivity index (χ2n) is 4.81. The molecule has 108 valence electrons. The molecule has 0 bridgehead atoms. The molecule has 0 unspecified atom stereocenters. The monoisotopic (exact) mass is 307 g/mol. The van der Waals surface area contributed by atoms with Crippen LogP contribution in [0.4, 0.5) is 0 Å². The number of ketones is 1. The fourth-order valence-electron chi connectivity index (χ4n) is 1.98. The Morgan fingerprint density at radius 2 is 1.86 bits per heavy atom. The third-order valence-electron chi connectivity index (χ3n) is 3.03. The van der Waals surface area contributed by atoms with Crippen molar-refractivity contribution < 1.29 is 4.79 Å². The lowest BCUT2D eigenvalue weighted by molar-refractivity contribution is 0.103. The Kier molecular flexibility index (Phi) is 5.30. The Morgan fingerprint density at radius 3 is 2.50 bits per heavy atom. The highest BCUT2D eigenvalue weighted by Crippen LogP contribution is 2.16. The van der Waals surface area contributed by atoms with Gasteiger partial charge >= 0.3 is 0 Å². The average molecular weight is 308 g/mol. The molecule has 2 aromatic carbocycles. The molecule has 0 aliphatic rings. The first-order valence-corrected chi connectivity index (χ1v) is 7.13. The molecule has 0 saturated heterocycles. The van der Waals surface area contributed by atoms with Crippen molar-refractivity contribution in [3.8, 4) is 6.07 Å². The van der Waals surface area contributed by atoms with Crippen LogP contribution in [-0.4, -0.2) is 5.78 Å². The molecule has 0 saturated carbocycles. The van der Waals surface area contributed by atoms with E-state index in [2.05, 4.69) is 0 Å². The summed E-state index contributed by atoms with van der Waals surface area (Å²) in [5, 5.41) is 9.55. The molecule has 0 amide bonds. The van der Waals surface area contributed by atoms with Gasteiger partial charge in [0.2, 0.25) is 5.78 Å². The normalized spacial score (nSPS) is 11.9. The SMILES string of the molecule is Cc1cccc(C(=O)/C(C#N)=C/C(Cl)=C/c2ccccc2)c1. The van der Waals surface area contributed by atoms with E-state index in [9.17, 15) is 10.1 Å². The summed E-state index contributed by atoms with van der Waals surface area (Å²) in [6.45, 7) is 1.90. The maximum absolute atomic E-state index is 12.3. The first kappa shape index (κ1) is 15.8. The van der Waals surface area contributed by atoms with Gasteiger partial charge in [0.25, 0.3) is 0 Å². The Hall–Kier alpha value is -2.63. The Bertz CT molecular complexity index is 783. The molecule has 0 atom stereocenters. The number of nitriles is 1. The zero-order chi connectivity index (χ0) is 15.9. The third kappa shape index (κ3) is 4.18. The smallest absolute Gasteiger partial charge is 0.203 e. The van der Waals surface area contributed by atoms with Crippen molar-refractivity contribution in [1.82, 2.24) is 0 Å². The molecule has 0 radical (unpaired) electrons. The number of aryl methyl sites for hydroxylation is 1. The highest BCUT2D eigenvalue weighted by Gasteiger charge is 2.12. The number of hydrogen-bond acceptors (Lipinski definition) is 2. The number of hydrogen-bond donors (Lipinski definition) is 0. The fourth-order valence-corrected chi connectivity index (χ4v) is 2.21. The minimum absolute atomic E-state index is 0.0165. The zero-order valence-corrected chi connectivity index (χ0v) is 12.8. The van der Waals surface area contributed by atoms with Crippen LogP contribution in [0.15, 0.2) is 71.3 Å². The summed E-state index contributed by atoms with van der Waals surface area (Å²) in [5.41, 5.74) is 2.37. The molecule has 0 aliphatic heterocycles. The summed E-state index contributed by atoms with van der Waals surface area (Å²) in [7, 11) is 0. The van der Waals surface area contributed by atoms with E-state index in [4.69, 9.17) is 11.6 Å². The molecule has 3 heteroatoms. The first-order chi connectivity index (χ1) is 10.6. The van der Waals surface area contributed by atoms with E-state index >= 15 is 0 Å². The van der Waals surface area contributed by atoms with E-state index in [0.29, 0.717) is 10.6 Å². The van der Waals surface area contributed by atoms with E-state index in [1.54, 1.807) is 24.3 Å². The van der Waals surface area contributed by atoms with Gasteiger partial charge in [0.15, 0.2) is 0 Å². The molecule has 2 aromatic rings. The summed E-state index contributed by atoms with van der Waals surface area (Å²) in [5.74, 6) is -0.328. The standard InChI is InChI=1S/C19H14ClNO/c1-14-6-5-9-16(10-14)19(22)17(13-21)12-18(20)11-15-7-3-2-4-8-15/h2-12H,1H3/b17-12+,18-11-. The van der Waals surface area contributed by atoms with Crippen molar-refractivity contribution in [3.63, 3.8) is 0 Å². The second kappa shape index (κ2) is 7.40. The van der Waals surface area contributed by atoms with Crippen molar-refractivity contribution in [2.75, 3.05) is 0 Å². The van der Waals surface area contributed by atoms with Crippen LogP contribution in [0.3, 0.4) is 0 Å². The number of halogens is 1. The average Bonchev–Trinajstić information content (AvgIpc) is 2.53. The Morgan fingerprint density at radius 1 is 1.14 bits per heavy atom. The van der Waals surface area contributed by atoms with Gasteiger partial charge in [0, 0.05) is 10.6 Å². The van der Waals surface area contributed by atoms with Crippen molar-refractivity contribution in [1.29, 1.82) is 5.26 Å². The molecule has 0 heterocycles. The largest absolute Gasteiger partial charge is 0.288 e. The van der Waals surface area contributed by atoms with Crippen LogP contribution in [0.1, 0.15) is 21.5 Å². The minimum atomic E-state index is -0.328. The van der Waals surface area contributed by atoms with E-state index in [1.807, 2.05) is 49.4 Å². The molecule has 2 rings (SSSR count). The van der Waals surface area contributed by atoms with Gasteiger partial charge in [0.1, 0.15) is 11.6 Å². The summed E-state index contributed by atoms with van der Waals surface area (Å²) >= 11 is 6.13. The molecule has 22 heavy (non-hydrogen) atoms. The second-order valence-corrected chi connectivity index (χ2v) is 5.24. The van der Waals surface area contributed by atoms with Gasteiger partial charge in [-0.3, -0.25) is 4.79 Å². The van der Waals surface area contributed by atoms with Crippen molar-refractivity contribution in [2.45, 2.75) is 6.92 Å². The number of rotatable bonds is 4. The van der Waals surface area contributed by atoms with Crippen molar-refractivity contribution in [2.24, 2.45) is 0 Å². The van der Waals surface area contributed by atoms with Crippen LogP contribution in [0.25, 0.3) is 6.08 Å². The predicted molar refractivity (Wildman–Crippen MR) is 89.5 cm³/mol. The first-order valence-electron chi connectivity index (χ1n) is 6.75. The van der Waals surface area contributed by atoms with Crippen LogP contribution < -0.4 is 0 Å². The highest BCUT2D eigenvalue weighted by atomic mass is 35.5. The van der Waals surface area contributed by atoms with E-state index < -0.39 is 0 Å². The lowest BCUT2D eigenvalue weighted by Crippen LogP contribution is -2.02. The van der Waals surface area contributed by atoms with Gasteiger partial charge in [0.05, 0.1) is 0 Å². The lowest BCUT2D eigenvalue weighted by atomic mass is 10.0. The van der Waals surface area contributed by atoms with Gasteiger partial charge in [-0.15, -0.1) is 0 Å². The number of carbonyl (C=O) groups is 1. The number of allylic oxidation sites excluding steroid dienone is 3. The number of carbonyl (C=O) groups excluding carboxylic acids is 1. The predicted octanol–water partition coefficient (Wildman–Crippen LogP) is 4.91. The topological polar surface area (TPSA) is 40.9 Å². The Balaban J connectivity index is 2.30. The molecule has 0 aliphatic carbocycles.